The van der Waals surface area contributed by atoms with Crippen LogP contribution in [0.4, 0.5) is 4.79 Å². The molecule has 1 aliphatic carbocycles. The highest BCUT2D eigenvalue weighted by Gasteiger charge is 2.27. The van der Waals surface area contributed by atoms with E-state index in [1.54, 1.807) is 0 Å². The molecule has 1 amide bonds. The zero-order valence-corrected chi connectivity index (χ0v) is 10.6. The highest BCUT2D eigenvalue weighted by atomic mass is 16.6. The molecule has 0 aliphatic heterocycles. The van der Waals surface area contributed by atoms with Gasteiger partial charge in [-0.3, -0.25) is 0 Å². The average Bonchev–Trinajstić information content (AvgIpc) is 2.15. The van der Waals surface area contributed by atoms with Gasteiger partial charge in [0.15, 0.2) is 0 Å². The van der Waals surface area contributed by atoms with Gasteiger partial charge in [0.1, 0.15) is 5.60 Å². The molecule has 0 aromatic heterocycles. The Morgan fingerprint density at radius 3 is 2.56 bits per heavy atom. The molecule has 0 heterocycles. The molecule has 1 rings (SSSR count). The molecule has 1 saturated carbocycles. The summed E-state index contributed by atoms with van der Waals surface area (Å²) < 4.78 is 5.24. The van der Waals surface area contributed by atoms with Crippen LogP contribution in [-0.4, -0.2) is 24.3 Å². The van der Waals surface area contributed by atoms with Crippen LogP contribution >= 0.6 is 0 Å². The minimum atomic E-state index is -0.434. The second-order valence-corrected chi connectivity index (χ2v) is 5.53. The predicted molar refractivity (Wildman–Crippen MR) is 64.2 cm³/mol. The predicted octanol–water partition coefficient (Wildman–Crippen LogP) is 2.03. The smallest absolute Gasteiger partial charge is 0.407 e. The fourth-order valence-electron chi connectivity index (χ4n) is 2.14. The number of hydrogen-bond donors (Lipinski definition) is 2. The second-order valence-electron chi connectivity index (χ2n) is 5.53. The summed E-state index contributed by atoms with van der Waals surface area (Å²) in [5.41, 5.74) is 5.27. The van der Waals surface area contributed by atoms with Gasteiger partial charge >= 0.3 is 6.09 Å². The zero-order chi connectivity index (χ0) is 12.2. The number of rotatable bonds is 2. The van der Waals surface area contributed by atoms with E-state index in [2.05, 4.69) is 5.32 Å². The van der Waals surface area contributed by atoms with Gasteiger partial charge in [0.25, 0.3) is 0 Å². The summed E-state index contributed by atoms with van der Waals surface area (Å²) in [7, 11) is 0. The lowest BCUT2D eigenvalue weighted by Gasteiger charge is -2.32. The largest absolute Gasteiger partial charge is 0.444 e. The fourth-order valence-corrected chi connectivity index (χ4v) is 2.14. The van der Waals surface area contributed by atoms with Gasteiger partial charge < -0.3 is 15.8 Å². The van der Waals surface area contributed by atoms with Gasteiger partial charge in [0, 0.05) is 6.04 Å². The van der Waals surface area contributed by atoms with E-state index in [0.29, 0.717) is 12.5 Å². The van der Waals surface area contributed by atoms with Gasteiger partial charge in [-0.25, -0.2) is 4.79 Å². The third-order valence-corrected chi connectivity index (χ3v) is 2.91. The van der Waals surface area contributed by atoms with Crippen molar-refractivity contribution in [2.24, 2.45) is 11.7 Å². The SMILES string of the molecule is CC(C)(C)OC(=O)N[C@H]1CCCC[C@H]1CN. The second kappa shape index (κ2) is 5.53. The van der Waals surface area contributed by atoms with Crippen LogP contribution in [0.5, 0.6) is 0 Å². The van der Waals surface area contributed by atoms with Crippen molar-refractivity contribution in [3.05, 3.63) is 0 Å². The normalized spacial score (nSPS) is 26.2. The van der Waals surface area contributed by atoms with Crippen molar-refractivity contribution in [3.8, 4) is 0 Å². The van der Waals surface area contributed by atoms with Crippen molar-refractivity contribution in [1.82, 2.24) is 5.32 Å². The maximum absolute atomic E-state index is 11.6. The van der Waals surface area contributed by atoms with E-state index in [1.165, 1.54) is 6.42 Å². The Morgan fingerprint density at radius 2 is 2.00 bits per heavy atom. The Kier molecular flexibility index (Phi) is 4.59. The number of alkyl carbamates (subject to hydrolysis) is 1. The van der Waals surface area contributed by atoms with E-state index >= 15 is 0 Å². The molecule has 0 aromatic rings. The van der Waals surface area contributed by atoms with Crippen molar-refractivity contribution in [2.45, 2.75) is 58.1 Å². The maximum Gasteiger partial charge on any atom is 0.407 e. The third kappa shape index (κ3) is 4.39. The Bertz CT molecular complexity index is 236. The fraction of sp³-hybridized carbons (Fsp3) is 0.917. The number of nitrogens with two attached hydrogens (primary N) is 1. The van der Waals surface area contributed by atoms with Crippen LogP contribution in [-0.2, 0) is 4.74 Å². The van der Waals surface area contributed by atoms with Crippen LogP contribution in [0, 0.1) is 5.92 Å². The van der Waals surface area contributed by atoms with Gasteiger partial charge in [0.05, 0.1) is 0 Å². The lowest BCUT2D eigenvalue weighted by atomic mass is 9.85. The molecule has 0 saturated heterocycles. The Balaban J connectivity index is 2.42. The van der Waals surface area contributed by atoms with Crippen molar-refractivity contribution >= 4 is 6.09 Å². The molecule has 4 nitrogen and oxygen atoms in total. The number of hydrogen-bond acceptors (Lipinski definition) is 3. The highest BCUT2D eigenvalue weighted by molar-refractivity contribution is 5.68. The monoisotopic (exact) mass is 228 g/mol. The first-order valence-electron chi connectivity index (χ1n) is 6.12. The van der Waals surface area contributed by atoms with Gasteiger partial charge in [-0.1, -0.05) is 12.8 Å². The molecule has 0 bridgehead atoms. The molecule has 4 heteroatoms. The summed E-state index contributed by atoms with van der Waals surface area (Å²) in [5, 5.41) is 2.94. The minimum absolute atomic E-state index is 0.189. The van der Waals surface area contributed by atoms with Gasteiger partial charge in [-0.15, -0.1) is 0 Å². The Labute approximate surface area is 97.9 Å². The molecule has 3 N–H and O–H groups in total. The molecule has 1 fully saturated rings. The first-order chi connectivity index (χ1) is 7.42. The molecule has 0 radical (unpaired) electrons. The van der Waals surface area contributed by atoms with E-state index in [-0.39, 0.29) is 12.1 Å². The zero-order valence-electron chi connectivity index (χ0n) is 10.6. The molecule has 1 aliphatic rings. The van der Waals surface area contributed by atoms with Crippen molar-refractivity contribution in [3.63, 3.8) is 0 Å². The Morgan fingerprint density at radius 1 is 1.38 bits per heavy atom. The van der Waals surface area contributed by atoms with Crippen molar-refractivity contribution in [2.75, 3.05) is 6.54 Å². The molecule has 2 atom stereocenters. The summed E-state index contributed by atoms with van der Waals surface area (Å²) >= 11 is 0. The lowest BCUT2D eigenvalue weighted by molar-refractivity contribution is 0.0471. The number of amides is 1. The number of carbonyl (C=O) groups is 1. The summed E-state index contributed by atoms with van der Waals surface area (Å²) in [5.74, 6) is 0.404. The van der Waals surface area contributed by atoms with Crippen molar-refractivity contribution < 1.29 is 9.53 Å². The topological polar surface area (TPSA) is 64.3 Å². The molecule has 94 valence electrons. The first-order valence-corrected chi connectivity index (χ1v) is 6.12. The number of ether oxygens (including phenoxy) is 1. The molecule has 0 aromatic carbocycles. The van der Waals surface area contributed by atoms with Crippen LogP contribution in [0.25, 0.3) is 0 Å². The molecule has 0 spiro atoms. The molecule has 0 unspecified atom stereocenters. The van der Waals surface area contributed by atoms with Crippen LogP contribution in [0.1, 0.15) is 46.5 Å². The maximum atomic E-state index is 11.6. The number of nitrogens with one attached hydrogen (secondary N) is 1. The van der Waals surface area contributed by atoms with Crippen LogP contribution in [0.3, 0.4) is 0 Å². The van der Waals surface area contributed by atoms with Gasteiger partial charge in [0.2, 0.25) is 0 Å². The van der Waals surface area contributed by atoms with Crippen LogP contribution < -0.4 is 11.1 Å². The van der Waals surface area contributed by atoms with Gasteiger partial charge in [-0.2, -0.15) is 0 Å². The third-order valence-electron chi connectivity index (χ3n) is 2.91. The lowest BCUT2D eigenvalue weighted by Crippen LogP contribution is -2.46. The highest BCUT2D eigenvalue weighted by Crippen LogP contribution is 2.23. The quantitative estimate of drug-likeness (QED) is 0.760. The van der Waals surface area contributed by atoms with E-state index < -0.39 is 5.60 Å². The van der Waals surface area contributed by atoms with Gasteiger partial charge in [-0.05, 0) is 46.1 Å². The summed E-state index contributed by atoms with van der Waals surface area (Å²) in [6, 6.07) is 0.189. The number of carbonyl (C=O) groups excluding carboxylic acids is 1. The van der Waals surface area contributed by atoms with E-state index in [4.69, 9.17) is 10.5 Å². The van der Waals surface area contributed by atoms with Crippen LogP contribution in [0.15, 0.2) is 0 Å². The minimum Gasteiger partial charge on any atom is -0.444 e. The standard InChI is InChI=1S/C12H24N2O2/c1-12(2,3)16-11(15)14-10-7-5-4-6-9(10)8-13/h9-10H,4-8,13H2,1-3H3,(H,14,15)/t9-,10-/m0/s1. The summed E-state index contributed by atoms with van der Waals surface area (Å²) in [6.45, 7) is 6.25. The molecular formula is C12H24N2O2. The van der Waals surface area contributed by atoms with Crippen molar-refractivity contribution in [1.29, 1.82) is 0 Å². The Hall–Kier alpha value is -0.770. The van der Waals surface area contributed by atoms with Crippen LogP contribution in [0.2, 0.25) is 0 Å². The average molecular weight is 228 g/mol. The summed E-state index contributed by atoms with van der Waals surface area (Å²) in [6.07, 6.45) is 4.18. The van der Waals surface area contributed by atoms with E-state index in [1.807, 2.05) is 20.8 Å². The molecule has 16 heavy (non-hydrogen) atoms. The van der Waals surface area contributed by atoms with E-state index in [9.17, 15) is 4.79 Å². The van der Waals surface area contributed by atoms with E-state index in [0.717, 1.165) is 19.3 Å². The first kappa shape index (κ1) is 13.3. The molecular weight excluding hydrogens is 204 g/mol. The summed E-state index contributed by atoms with van der Waals surface area (Å²) in [4.78, 5) is 11.6.